The van der Waals surface area contributed by atoms with Crippen LogP contribution in [0.1, 0.15) is 46.7 Å². The van der Waals surface area contributed by atoms with Gasteiger partial charge in [0.05, 0.1) is 17.8 Å². The first-order valence-electron chi connectivity index (χ1n) is 12.5. The molecule has 188 valence electrons. The Morgan fingerprint density at radius 3 is 2.46 bits per heavy atom. The first kappa shape index (κ1) is 24.7. The largest absolute Gasteiger partial charge is 0.352 e. The quantitative estimate of drug-likeness (QED) is 0.309. The monoisotopic (exact) mass is 509 g/mol. The number of hydrogen-bond donors (Lipinski definition) is 2. The summed E-state index contributed by atoms with van der Waals surface area (Å²) in [7, 11) is 0. The molecule has 2 aromatic carbocycles. The fourth-order valence-electron chi connectivity index (χ4n) is 5.19. The second kappa shape index (κ2) is 10.6. The van der Waals surface area contributed by atoms with Crippen LogP contribution in [0.4, 0.5) is 5.69 Å². The normalized spacial score (nSPS) is 17.1. The van der Waals surface area contributed by atoms with Crippen LogP contribution in [0.3, 0.4) is 0 Å². The minimum atomic E-state index is -0.127. The van der Waals surface area contributed by atoms with Crippen LogP contribution in [0.15, 0.2) is 85.1 Å². The van der Waals surface area contributed by atoms with Crippen molar-refractivity contribution < 1.29 is 4.79 Å². The lowest BCUT2D eigenvalue weighted by atomic mass is 9.96. The summed E-state index contributed by atoms with van der Waals surface area (Å²) in [6.45, 7) is 6.76. The van der Waals surface area contributed by atoms with E-state index in [1.807, 2.05) is 61.7 Å². The van der Waals surface area contributed by atoms with Crippen LogP contribution in [0, 0.1) is 20.8 Å². The van der Waals surface area contributed by atoms with Crippen LogP contribution in [-0.4, -0.2) is 32.0 Å². The first-order valence-corrected chi connectivity index (χ1v) is 12.9. The van der Waals surface area contributed by atoms with Crippen molar-refractivity contribution in [3.63, 3.8) is 0 Å². The van der Waals surface area contributed by atoms with Crippen LogP contribution in [0.25, 0.3) is 5.69 Å². The van der Waals surface area contributed by atoms with Crippen LogP contribution < -0.4 is 10.6 Å². The molecule has 7 heteroatoms. The number of thiocarbonyl (C=S) groups is 1. The molecule has 0 spiro atoms. The van der Waals surface area contributed by atoms with Gasteiger partial charge in [-0.2, -0.15) is 0 Å². The van der Waals surface area contributed by atoms with Crippen molar-refractivity contribution in [2.45, 2.75) is 39.3 Å². The van der Waals surface area contributed by atoms with E-state index in [0.717, 1.165) is 34.0 Å². The van der Waals surface area contributed by atoms with Crippen LogP contribution in [0.5, 0.6) is 0 Å². The highest BCUT2D eigenvalue weighted by atomic mass is 32.1. The number of nitrogens with one attached hydrogen (secondary N) is 2. The lowest BCUT2D eigenvalue weighted by Crippen LogP contribution is -2.33. The number of amides is 1. The summed E-state index contributed by atoms with van der Waals surface area (Å²) >= 11 is 5.82. The van der Waals surface area contributed by atoms with Crippen molar-refractivity contribution in [1.29, 1.82) is 0 Å². The average Bonchev–Trinajstić information content (AvgIpc) is 3.39. The van der Waals surface area contributed by atoms with Gasteiger partial charge in [-0.3, -0.25) is 9.78 Å². The van der Waals surface area contributed by atoms with E-state index < -0.39 is 0 Å². The molecule has 1 aliphatic rings. The lowest BCUT2D eigenvalue weighted by Gasteiger charge is -2.28. The molecule has 2 atom stereocenters. The van der Waals surface area contributed by atoms with Crippen molar-refractivity contribution in [1.82, 2.24) is 19.8 Å². The summed E-state index contributed by atoms with van der Waals surface area (Å²) in [6, 6.07) is 26.1. The van der Waals surface area contributed by atoms with Gasteiger partial charge in [0.2, 0.25) is 5.91 Å². The van der Waals surface area contributed by atoms with Crippen LogP contribution >= 0.6 is 12.2 Å². The lowest BCUT2D eigenvalue weighted by molar-refractivity contribution is -0.116. The highest BCUT2D eigenvalue weighted by Gasteiger charge is 2.41. The van der Waals surface area contributed by atoms with Crippen LogP contribution in [-0.2, 0) is 4.79 Å². The summed E-state index contributed by atoms with van der Waals surface area (Å²) in [5.41, 5.74) is 7.38. The Bertz CT molecular complexity index is 1420. The highest BCUT2D eigenvalue weighted by Crippen LogP contribution is 2.41. The summed E-state index contributed by atoms with van der Waals surface area (Å²) in [6.07, 6.45) is 2.13. The Morgan fingerprint density at radius 1 is 1.00 bits per heavy atom. The zero-order valence-corrected chi connectivity index (χ0v) is 22.1. The molecule has 0 bridgehead atoms. The van der Waals surface area contributed by atoms with E-state index >= 15 is 0 Å². The number of benzene rings is 2. The Balaban J connectivity index is 1.47. The van der Waals surface area contributed by atoms with Gasteiger partial charge in [0, 0.05) is 41.9 Å². The van der Waals surface area contributed by atoms with Gasteiger partial charge in [0.25, 0.3) is 0 Å². The Kier molecular flexibility index (Phi) is 7.06. The molecule has 6 nitrogen and oxygen atoms in total. The molecule has 0 saturated carbocycles. The van der Waals surface area contributed by atoms with Crippen molar-refractivity contribution in [3.8, 4) is 5.69 Å². The molecule has 0 aliphatic carbocycles. The molecular weight excluding hydrogens is 478 g/mol. The molecule has 1 aliphatic heterocycles. The first-order chi connectivity index (χ1) is 17.9. The molecule has 0 radical (unpaired) electrons. The third-order valence-electron chi connectivity index (χ3n) is 7.00. The van der Waals surface area contributed by atoms with E-state index in [9.17, 15) is 4.79 Å². The second-order valence-electron chi connectivity index (χ2n) is 9.43. The number of hydrogen-bond acceptors (Lipinski definition) is 3. The smallest absolute Gasteiger partial charge is 0.226 e. The van der Waals surface area contributed by atoms with Gasteiger partial charge in [-0.1, -0.05) is 42.5 Å². The number of carbonyl (C=O) groups is 1. The number of nitrogens with zero attached hydrogens (tertiary/aromatic N) is 3. The fourth-order valence-corrected chi connectivity index (χ4v) is 5.53. The molecule has 2 aromatic heterocycles. The molecule has 1 fully saturated rings. The van der Waals surface area contributed by atoms with Crippen molar-refractivity contribution in [2.75, 3.05) is 11.9 Å². The predicted octanol–water partition coefficient (Wildman–Crippen LogP) is 5.80. The Hall–Kier alpha value is -3.97. The molecular formula is C30H31N5OS. The molecule has 3 heterocycles. The number of pyridine rings is 1. The van der Waals surface area contributed by atoms with Crippen molar-refractivity contribution in [2.24, 2.45) is 0 Å². The van der Waals surface area contributed by atoms with Gasteiger partial charge in [0.1, 0.15) is 0 Å². The molecule has 1 amide bonds. The zero-order valence-electron chi connectivity index (χ0n) is 21.3. The van der Waals surface area contributed by atoms with Gasteiger partial charge in [-0.15, -0.1) is 0 Å². The third-order valence-corrected chi connectivity index (χ3v) is 7.35. The zero-order chi connectivity index (χ0) is 25.9. The number of aryl methyl sites for hydroxylation is 2. The summed E-state index contributed by atoms with van der Waals surface area (Å²) in [5, 5.41) is 7.18. The average molecular weight is 510 g/mol. The number of para-hydroxylation sites is 2. The fraction of sp³-hybridized carbons (Fsp3) is 0.233. The van der Waals surface area contributed by atoms with E-state index in [1.54, 1.807) is 0 Å². The van der Waals surface area contributed by atoms with E-state index in [4.69, 9.17) is 12.2 Å². The third kappa shape index (κ3) is 5.00. The minimum Gasteiger partial charge on any atom is -0.352 e. The maximum absolute atomic E-state index is 12.9. The molecule has 37 heavy (non-hydrogen) atoms. The topological polar surface area (TPSA) is 62.2 Å². The van der Waals surface area contributed by atoms with Gasteiger partial charge in [-0.25, -0.2) is 0 Å². The SMILES string of the molecule is Cc1ccccc1NC(=O)CCN1C(=S)N[C@@H](c2ccccn2)[C@H]1c1cc(C)n(-c2ccccc2)c1C. The van der Waals surface area contributed by atoms with E-state index in [0.29, 0.717) is 18.1 Å². The van der Waals surface area contributed by atoms with Gasteiger partial charge in [0.15, 0.2) is 5.11 Å². The van der Waals surface area contributed by atoms with E-state index in [1.165, 1.54) is 5.56 Å². The Labute approximate surface area is 223 Å². The molecule has 4 aromatic rings. The molecule has 5 rings (SSSR count). The molecule has 0 unspecified atom stereocenters. The summed E-state index contributed by atoms with van der Waals surface area (Å²) < 4.78 is 2.27. The van der Waals surface area contributed by atoms with Crippen LogP contribution in [0.2, 0.25) is 0 Å². The number of aromatic nitrogens is 2. The maximum atomic E-state index is 12.9. The Morgan fingerprint density at radius 2 is 1.73 bits per heavy atom. The number of rotatable bonds is 7. The predicted molar refractivity (Wildman–Crippen MR) is 152 cm³/mol. The van der Waals surface area contributed by atoms with Gasteiger partial charge >= 0.3 is 0 Å². The minimum absolute atomic E-state index is 0.0353. The second-order valence-corrected chi connectivity index (χ2v) is 9.82. The van der Waals surface area contributed by atoms with Crippen molar-refractivity contribution in [3.05, 3.63) is 113 Å². The number of carbonyl (C=O) groups excluding carboxylic acids is 1. The van der Waals surface area contributed by atoms with E-state index in [-0.39, 0.29) is 18.0 Å². The molecule has 2 N–H and O–H groups in total. The number of anilines is 1. The molecule has 1 saturated heterocycles. The maximum Gasteiger partial charge on any atom is 0.226 e. The summed E-state index contributed by atoms with van der Waals surface area (Å²) in [4.78, 5) is 19.7. The van der Waals surface area contributed by atoms with Crippen molar-refractivity contribution >= 4 is 28.9 Å². The standard InChI is InChI=1S/C30H31N5OS/c1-20-11-7-8-14-25(20)32-27(36)16-18-34-29(28(33-30(34)37)26-15-9-10-17-31-26)24-19-21(2)35(22(24)3)23-12-5-4-6-13-23/h4-15,17,19,28-29H,16,18H2,1-3H3,(H,32,36)(H,33,37)/t28-,29+/m0/s1. The van der Waals surface area contributed by atoms with Gasteiger partial charge in [-0.05, 0) is 80.5 Å². The van der Waals surface area contributed by atoms with E-state index in [2.05, 4.69) is 69.3 Å². The van der Waals surface area contributed by atoms with Gasteiger partial charge < -0.3 is 20.1 Å². The summed E-state index contributed by atoms with van der Waals surface area (Å²) in [5.74, 6) is -0.0353. The highest BCUT2D eigenvalue weighted by molar-refractivity contribution is 7.80.